The lowest BCUT2D eigenvalue weighted by Crippen LogP contribution is -2.08. The monoisotopic (exact) mass is 270 g/mol. The summed E-state index contributed by atoms with van der Waals surface area (Å²) in [7, 11) is 0. The Morgan fingerprint density at radius 1 is 1.05 bits per heavy atom. The molecule has 0 heterocycles. The number of hydrogen-bond acceptors (Lipinski definition) is 3. The van der Waals surface area contributed by atoms with E-state index in [4.69, 9.17) is 4.74 Å². The van der Waals surface area contributed by atoms with Crippen molar-refractivity contribution in [1.82, 2.24) is 0 Å². The molecule has 2 aromatic carbocycles. The summed E-state index contributed by atoms with van der Waals surface area (Å²) in [6.07, 6.45) is -1.05. The molecule has 0 aliphatic rings. The molecule has 2 aromatic rings. The van der Waals surface area contributed by atoms with Crippen LogP contribution in [0.3, 0.4) is 0 Å². The number of hydrogen-bond donors (Lipinski definition) is 1. The van der Waals surface area contributed by atoms with E-state index in [9.17, 15) is 9.90 Å². The number of Topliss-reactive ketones (excluding diaryl/α,β-unsaturated/α-hetero) is 1. The first-order valence-electron chi connectivity index (χ1n) is 6.56. The zero-order chi connectivity index (χ0) is 14.4. The molecule has 20 heavy (non-hydrogen) atoms. The average molecular weight is 270 g/mol. The van der Waals surface area contributed by atoms with E-state index in [-0.39, 0.29) is 5.78 Å². The number of ether oxygens (including phenoxy) is 1. The summed E-state index contributed by atoms with van der Waals surface area (Å²) >= 11 is 0. The molecule has 0 saturated carbocycles. The number of carbonyl (C=O) groups excluding carboxylic acids is 1. The first kappa shape index (κ1) is 14.4. The largest absolute Gasteiger partial charge is 0.381 e. The molecule has 1 atom stereocenters. The molecule has 0 bridgehead atoms. The highest BCUT2D eigenvalue weighted by Gasteiger charge is 2.12. The van der Waals surface area contributed by atoms with Gasteiger partial charge in [-0.2, -0.15) is 0 Å². The Kier molecular flexibility index (Phi) is 5.04. The average Bonchev–Trinajstić information content (AvgIpc) is 2.48. The van der Waals surface area contributed by atoms with Crippen LogP contribution in [0.1, 0.15) is 29.7 Å². The second-order valence-electron chi connectivity index (χ2n) is 4.74. The first-order valence-corrected chi connectivity index (χ1v) is 6.56. The fourth-order valence-corrected chi connectivity index (χ4v) is 1.95. The third-order valence-electron chi connectivity index (χ3n) is 3.03. The predicted octanol–water partition coefficient (Wildman–Crippen LogP) is 3.03. The van der Waals surface area contributed by atoms with Crippen LogP contribution in [0.25, 0.3) is 0 Å². The van der Waals surface area contributed by atoms with Crippen LogP contribution in [0, 0.1) is 0 Å². The molecule has 0 amide bonds. The Hall–Kier alpha value is -1.97. The quantitative estimate of drug-likeness (QED) is 0.877. The molecule has 1 N–H and O–H groups in total. The molecule has 1 unspecified atom stereocenters. The molecule has 3 heteroatoms. The van der Waals surface area contributed by atoms with Gasteiger partial charge in [0.1, 0.15) is 6.10 Å². The molecule has 104 valence electrons. The van der Waals surface area contributed by atoms with Crippen LogP contribution in [-0.2, 0) is 22.7 Å². The highest BCUT2D eigenvalue weighted by molar-refractivity contribution is 5.81. The van der Waals surface area contributed by atoms with E-state index in [2.05, 4.69) is 0 Å². The van der Waals surface area contributed by atoms with Crippen molar-refractivity contribution < 1.29 is 14.6 Å². The van der Waals surface area contributed by atoms with Crippen molar-refractivity contribution in [2.24, 2.45) is 0 Å². The summed E-state index contributed by atoms with van der Waals surface area (Å²) in [5.74, 6) is -0.257. The van der Waals surface area contributed by atoms with Crippen molar-refractivity contribution in [2.45, 2.75) is 26.2 Å². The van der Waals surface area contributed by atoms with Crippen molar-refractivity contribution in [1.29, 1.82) is 0 Å². The minimum absolute atomic E-state index is 0.257. The number of aliphatic hydroxyl groups excluding tert-OH is 1. The summed E-state index contributed by atoms with van der Waals surface area (Å²) < 4.78 is 5.63. The maximum atomic E-state index is 11.2. The number of aliphatic hydroxyl groups is 1. The maximum Gasteiger partial charge on any atom is 0.162 e. The highest BCUT2D eigenvalue weighted by Crippen LogP contribution is 2.16. The summed E-state index contributed by atoms with van der Waals surface area (Å²) in [5.41, 5.74) is 2.67. The molecule has 0 aliphatic heterocycles. The van der Waals surface area contributed by atoms with E-state index in [1.54, 1.807) is 12.1 Å². The molecule has 0 radical (unpaired) electrons. The zero-order valence-electron chi connectivity index (χ0n) is 11.5. The van der Waals surface area contributed by atoms with Crippen LogP contribution in [0.15, 0.2) is 54.6 Å². The van der Waals surface area contributed by atoms with Crippen LogP contribution in [-0.4, -0.2) is 10.9 Å². The van der Waals surface area contributed by atoms with Gasteiger partial charge in [-0.15, -0.1) is 0 Å². The fraction of sp³-hybridized carbons (Fsp3) is 0.235. The number of rotatable bonds is 6. The SMILES string of the molecule is CC(=O)C(O)c1cccc(COCc2ccccc2)c1. The lowest BCUT2D eigenvalue weighted by molar-refractivity contribution is -0.125. The molecule has 0 aliphatic carbocycles. The highest BCUT2D eigenvalue weighted by atomic mass is 16.5. The number of ketones is 1. The van der Waals surface area contributed by atoms with E-state index >= 15 is 0 Å². The van der Waals surface area contributed by atoms with Crippen LogP contribution in [0.2, 0.25) is 0 Å². The van der Waals surface area contributed by atoms with Crippen molar-refractivity contribution in [3.63, 3.8) is 0 Å². The third kappa shape index (κ3) is 4.02. The van der Waals surface area contributed by atoms with Crippen LogP contribution in [0.5, 0.6) is 0 Å². The maximum absolute atomic E-state index is 11.2. The van der Waals surface area contributed by atoms with Gasteiger partial charge in [-0.1, -0.05) is 54.6 Å². The van der Waals surface area contributed by atoms with E-state index in [1.807, 2.05) is 42.5 Å². The van der Waals surface area contributed by atoms with Gasteiger partial charge in [0.25, 0.3) is 0 Å². The lowest BCUT2D eigenvalue weighted by atomic mass is 10.0. The topological polar surface area (TPSA) is 46.5 Å². The Balaban J connectivity index is 1.93. The van der Waals surface area contributed by atoms with Crippen LogP contribution >= 0.6 is 0 Å². The van der Waals surface area contributed by atoms with Gasteiger partial charge in [-0.3, -0.25) is 4.79 Å². The van der Waals surface area contributed by atoms with E-state index in [1.165, 1.54) is 6.92 Å². The van der Waals surface area contributed by atoms with Crippen molar-refractivity contribution in [3.8, 4) is 0 Å². The Bertz CT molecular complexity index is 563. The predicted molar refractivity (Wildman–Crippen MR) is 77.0 cm³/mol. The zero-order valence-corrected chi connectivity index (χ0v) is 11.5. The summed E-state index contributed by atoms with van der Waals surface area (Å²) in [5, 5.41) is 9.74. The molecule has 0 saturated heterocycles. The van der Waals surface area contributed by atoms with Gasteiger partial charge in [0.2, 0.25) is 0 Å². The third-order valence-corrected chi connectivity index (χ3v) is 3.03. The van der Waals surface area contributed by atoms with Crippen molar-refractivity contribution >= 4 is 5.78 Å². The Labute approximate surface area is 118 Å². The Morgan fingerprint density at radius 2 is 1.70 bits per heavy atom. The molecular weight excluding hydrogens is 252 g/mol. The molecule has 2 rings (SSSR count). The van der Waals surface area contributed by atoms with Gasteiger partial charge in [-0.05, 0) is 23.6 Å². The van der Waals surface area contributed by atoms with Gasteiger partial charge < -0.3 is 9.84 Å². The van der Waals surface area contributed by atoms with Crippen LogP contribution in [0.4, 0.5) is 0 Å². The van der Waals surface area contributed by atoms with Gasteiger partial charge in [-0.25, -0.2) is 0 Å². The van der Waals surface area contributed by atoms with E-state index in [0.717, 1.165) is 11.1 Å². The molecule has 0 aromatic heterocycles. The van der Waals surface area contributed by atoms with E-state index < -0.39 is 6.10 Å². The van der Waals surface area contributed by atoms with Gasteiger partial charge in [0.15, 0.2) is 5.78 Å². The fourth-order valence-electron chi connectivity index (χ4n) is 1.95. The van der Waals surface area contributed by atoms with E-state index in [0.29, 0.717) is 18.8 Å². The Morgan fingerprint density at radius 3 is 2.40 bits per heavy atom. The number of benzene rings is 2. The van der Waals surface area contributed by atoms with Gasteiger partial charge in [0, 0.05) is 0 Å². The van der Waals surface area contributed by atoms with Crippen molar-refractivity contribution in [3.05, 3.63) is 71.3 Å². The number of carbonyl (C=O) groups is 1. The summed E-state index contributed by atoms with van der Waals surface area (Å²) in [6, 6.07) is 17.2. The van der Waals surface area contributed by atoms with Gasteiger partial charge in [0.05, 0.1) is 13.2 Å². The minimum Gasteiger partial charge on any atom is -0.381 e. The van der Waals surface area contributed by atoms with Crippen LogP contribution < -0.4 is 0 Å². The normalized spacial score (nSPS) is 12.1. The standard InChI is InChI=1S/C17H18O3/c1-13(18)17(19)16-9-5-8-15(10-16)12-20-11-14-6-3-2-4-7-14/h2-10,17,19H,11-12H2,1H3. The smallest absolute Gasteiger partial charge is 0.162 e. The molecule has 0 fully saturated rings. The summed E-state index contributed by atoms with van der Waals surface area (Å²) in [4.78, 5) is 11.2. The summed E-state index contributed by atoms with van der Waals surface area (Å²) in [6.45, 7) is 2.37. The lowest BCUT2D eigenvalue weighted by Gasteiger charge is -2.10. The first-order chi connectivity index (χ1) is 9.66. The van der Waals surface area contributed by atoms with Gasteiger partial charge >= 0.3 is 0 Å². The molecular formula is C17H18O3. The molecule has 0 spiro atoms. The second kappa shape index (κ2) is 6.98. The van der Waals surface area contributed by atoms with Crippen molar-refractivity contribution in [2.75, 3.05) is 0 Å². The molecule has 3 nitrogen and oxygen atoms in total. The minimum atomic E-state index is -1.05. The second-order valence-corrected chi connectivity index (χ2v) is 4.74.